The van der Waals surface area contributed by atoms with E-state index in [4.69, 9.17) is 0 Å². The molecule has 1 atom stereocenters. The summed E-state index contributed by atoms with van der Waals surface area (Å²) in [6.45, 7) is 1.26. The number of nitrogens with zero attached hydrogens (tertiary/aromatic N) is 4. The van der Waals surface area contributed by atoms with Crippen LogP contribution in [0.3, 0.4) is 0 Å². The van der Waals surface area contributed by atoms with Crippen LogP contribution in [-0.2, 0) is 0 Å². The molecule has 1 aliphatic heterocycles. The van der Waals surface area contributed by atoms with Crippen LogP contribution < -0.4 is 4.90 Å². The van der Waals surface area contributed by atoms with E-state index in [1.807, 2.05) is 4.90 Å². The molecule has 0 aliphatic carbocycles. The van der Waals surface area contributed by atoms with Gasteiger partial charge in [-0.15, -0.1) is 0 Å². The summed E-state index contributed by atoms with van der Waals surface area (Å²) >= 11 is 0. The van der Waals surface area contributed by atoms with Gasteiger partial charge in [-0.3, -0.25) is 10.1 Å². The zero-order valence-electron chi connectivity index (χ0n) is 10.0. The van der Waals surface area contributed by atoms with Crippen molar-refractivity contribution < 1.29 is 14.7 Å². The molecule has 1 fully saturated rings. The SMILES string of the molecule is O=[N+]([O-])c1ccc(N2CCC[C@H](O)C2)c2nonc12. The highest BCUT2D eigenvalue weighted by Gasteiger charge is 2.25. The van der Waals surface area contributed by atoms with Gasteiger partial charge in [0.25, 0.3) is 0 Å². The number of rotatable bonds is 2. The van der Waals surface area contributed by atoms with E-state index in [0.717, 1.165) is 19.4 Å². The second kappa shape index (κ2) is 4.47. The van der Waals surface area contributed by atoms with E-state index in [2.05, 4.69) is 14.9 Å². The molecule has 19 heavy (non-hydrogen) atoms. The molecular weight excluding hydrogens is 252 g/mol. The fraction of sp³-hybridized carbons (Fsp3) is 0.455. The first-order valence-electron chi connectivity index (χ1n) is 5.99. The molecule has 0 amide bonds. The maximum atomic E-state index is 10.9. The molecule has 1 N–H and O–H groups in total. The quantitative estimate of drug-likeness (QED) is 0.639. The minimum Gasteiger partial charge on any atom is -0.391 e. The Kier molecular flexibility index (Phi) is 2.79. The molecule has 8 heteroatoms. The van der Waals surface area contributed by atoms with Gasteiger partial charge in [0.2, 0.25) is 5.52 Å². The van der Waals surface area contributed by atoms with Crippen molar-refractivity contribution in [1.82, 2.24) is 10.3 Å². The summed E-state index contributed by atoms with van der Waals surface area (Å²) in [4.78, 5) is 12.3. The summed E-state index contributed by atoms with van der Waals surface area (Å²) < 4.78 is 4.62. The molecule has 2 aromatic rings. The van der Waals surface area contributed by atoms with Crippen molar-refractivity contribution in [1.29, 1.82) is 0 Å². The molecule has 0 saturated carbocycles. The molecule has 1 saturated heterocycles. The molecule has 0 bridgehead atoms. The zero-order valence-corrected chi connectivity index (χ0v) is 10.0. The molecule has 0 unspecified atom stereocenters. The number of hydrogen-bond donors (Lipinski definition) is 1. The lowest BCUT2D eigenvalue weighted by molar-refractivity contribution is -0.383. The summed E-state index contributed by atoms with van der Waals surface area (Å²) in [5, 5.41) is 27.9. The Hall–Kier alpha value is -2.22. The van der Waals surface area contributed by atoms with Crippen molar-refractivity contribution in [3.8, 4) is 0 Å². The van der Waals surface area contributed by atoms with Gasteiger partial charge in [-0.1, -0.05) is 0 Å². The van der Waals surface area contributed by atoms with Gasteiger partial charge in [0.1, 0.15) is 0 Å². The van der Waals surface area contributed by atoms with Crippen LogP contribution >= 0.6 is 0 Å². The maximum absolute atomic E-state index is 10.9. The van der Waals surface area contributed by atoms with Crippen molar-refractivity contribution in [3.63, 3.8) is 0 Å². The molecule has 8 nitrogen and oxygen atoms in total. The van der Waals surface area contributed by atoms with Crippen molar-refractivity contribution in [3.05, 3.63) is 22.2 Å². The van der Waals surface area contributed by atoms with E-state index < -0.39 is 4.92 Å². The molecule has 100 valence electrons. The molecule has 0 radical (unpaired) electrons. The number of hydrogen-bond acceptors (Lipinski definition) is 7. The Morgan fingerprint density at radius 2 is 2.21 bits per heavy atom. The Bertz CT molecular complexity index is 626. The van der Waals surface area contributed by atoms with E-state index in [-0.39, 0.29) is 17.3 Å². The Morgan fingerprint density at radius 3 is 2.95 bits per heavy atom. The molecule has 1 aliphatic rings. The fourth-order valence-electron chi connectivity index (χ4n) is 2.42. The van der Waals surface area contributed by atoms with Gasteiger partial charge >= 0.3 is 5.69 Å². The average Bonchev–Trinajstić information content (AvgIpc) is 2.86. The van der Waals surface area contributed by atoms with Crippen LogP contribution in [0, 0.1) is 10.1 Å². The number of β-amino-alcohol motifs (C(OH)–C–C–N with tert-alkyl or cyclic N) is 1. The number of nitro benzene ring substituents is 1. The lowest BCUT2D eigenvalue weighted by Gasteiger charge is -2.31. The summed E-state index contributed by atoms with van der Waals surface area (Å²) in [6.07, 6.45) is 1.24. The van der Waals surface area contributed by atoms with Crippen LogP contribution in [0.4, 0.5) is 11.4 Å². The van der Waals surface area contributed by atoms with Gasteiger partial charge in [-0.25, -0.2) is 4.63 Å². The number of anilines is 1. The van der Waals surface area contributed by atoms with Gasteiger partial charge in [0.15, 0.2) is 5.52 Å². The van der Waals surface area contributed by atoms with Crippen LogP contribution in [0.2, 0.25) is 0 Å². The second-order valence-electron chi connectivity index (χ2n) is 4.56. The Morgan fingerprint density at radius 1 is 1.42 bits per heavy atom. The number of nitro groups is 1. The first-order valence-corrected chi connectivity index (χ1v) is 5.99. The van der Waals surface area contributed by atoms with Crippen LogP contribution in [0.25, 0.3) is 11.0 Å². The monoisotopic (exact) mass is 264 g/mol. The molecule has 1 aromatic heterocycles. The predicted octanol–water partition coefficient (Wildman–Crippen LogP) is 1.09. The number of non-ortho nitro benzene ring substituents is 1. The third-order valence-corrected chi connectivity index (χ3v) is 3.31. The lowest BCUT2D eigenvalue weighted by Crippen LogP contribution is -2.38. The van der Waals surface area contributed by atoms with Crippen molar-refractivity contribution >= 4 is 22.4 Å². The standard InChI is InChI=1S/C11H12N4O4/c16-7-2-1-5-14(6-7)8-3-4-9(15(17)18)11-10(8)12-19-13-11/h3-4,7,16H,1-2,5-6H2/t7-/m0/s1. The van der Waals surface area contributed by atoms with Crippen LogP contribution in [0.15, 0.2) is 16.8 Å². The number of aliphatic hydroxyl groups excluding tert-OH is 1. The van der Waals surface area contributed by atoms with Crippen LogP contribution in [0.5, 0.6) is 0 Å². The molecule has 0 spiro atoms. The highest BCUT2D eigenvalue weighted by Crippen LogP contribution is 2.32. The van der Waals surface area contributed by atoms with Gasteiger partial charge in [-0.05, 0) is 29.2 Å². The van der Waals surface area contributed by atoms with Crippen molar-refractivity contribution in [2.75, 3.05) is 18.0 Å². The van der Waals surface area contributed by atoms with Crippen molar-refractivity contribution in [2.45, 2.75) is 18.9 Å². The highest BCUT2D eigenvalue weighted by atomic mass is 16.6. The third-order valence-electron chi connectivity index (χ3n) is 3.31. The minimum atomic E-state index is -0.513. The maximum Gasteiger partial charge on any atom is 0.300 e. The first kappa shape index (κ1) is 11.8. The molecule has 1 aromatic carbocycles. The predicted molar refractivity (Wildman–Crippen MR) is 65.9 cm³/mol. The number of piperidine rings is 1. The normalized spacial score (nSPS) is 19.8. The summed E-state index contributed by atoms with van der Waals surface area (Å²) in [7, 11) is 0. The Labute approximate surface area is 107 Å². The first-order chi connectivity index (χ1) is 9.16. The number of aromatic nitrogens is 2. The number of benzene rings is 1. The zero-order chi connectivity index (χ0) is 13.4. The smallest absolute Gasteiger partial charge is 0.300 e. The number of fused-ring (bicyclic) bond motifs is 1. The van der Waals surface area contributed by atoms with E-state index in [1.165, 1.54) is 6.07 Å². The summed E-state index contributed by atoms with van der Waals surface area (Å²) in [5.41, 5.74) is 1.09. The summed E-state index contributed by atoms with van der Waals surface area (Å²) in [5.74, 6) is 0. The van der Waals surface area contributed by atoms with Gasteiger partial charge in [0.05, 0.1) is 16.7 Å². The topological polar surface area (TPSA) is 106 Å². The van der Waals surface area contributed by atoms with E-state index >= 15 is 0 Å². The van der Waals surface area contributed by atoms with Crippen molar-refractivity contribution in [2.24, 2.45) is 0 Å². The average molecular weight is 264 g/mol. The van der Waals surface area contributed by atoms with Gasteiger partial charge in [-0.2, -0.15) is 0 Å². The van der Waals surface area contributed by atoms with Gasteiger partial charge in [0, 0.05) is 19.2 Å². The van der Waals surface area contributed by atoms with E-state index in [9.17, 15) is 15.2 Å². The summed E-state index contributed by atoms with van der Waals surface area (Å²) in [6, 6.07) is 3.02. The highest BCUT2D eigenvalue weighted by molar-refractivity contribution is 5.93. The van der Waals surface area contributed by atoms with Gasteiger partial charge < -0.3 is 10.0 Å². The molecular formula is C11H12N4O4. The molecule has 3 rings (SSSR count). The largest absolute Gasteiger partial charge is 0.391 e. The van der Waals surface area contributed by atoms with E-state index in [0.29, 0.717) is 17.7 Å². The van der Waals surface area contributed by atoms with Crippen LogP contribution in [-0.4, -0.2) is 39.5 Å². The Balaban J connectivity index is 2.07. The van der Waals surface area contributed by atoms with Crippen LogP contribution in [0.1, 0.15) is 12.8 Å². The molecule has 2 heterocycles. The lowest BCUT2D eigenvalue weighted by atomic mass is 10.1. The van der Waals surface area contributed by atoms with E-state index in [1.54, 1.807) is 6.07 Å². The second-order valence-corrected chi connectivity index (χ2v) is 4.56. The number of aliphatic hydroxyl groups is 1. The third kappa shape index (κ3) is 1.99. The fourth-order valence-corrected chi connectivity index (χ4v) is 2.42. The minimum absolute atomic E-state index is 0.127.